The van der Waals surface area contributed by atoms with Gasteiger partial charge in [0.1, 0.15) is 0 Å². The SMILES string of the molecule is O=C(N[C@@H]1C=CS(=O)(=O)C1)c1cc(C(=O)N[C@@H]2C=CS(=O)(=O)C2)cc([N+](=O)[O-])c1. The molecule has 13 heteroatoms. The van der Waals surface area contributed by atoms with Gasteiger partial charge in [0.2, 0.25) is 0 Å². The number of benzene rings is 1. The van der Waals surface area contributed by atoms with Gasteiger partial charge in [0, 0.05) is 34.1 Å². The number of amides is 2. The number of sulfone groups is 2. The fraction of sp³-hybridized carbons (Fsp3) is 0.250. The van der Waals surface area contributed by atoms with E-state index < -0.39 is 54.2 Å². The Morgan fingerprint density at radius 2 is 1.28 bits per heavy atom. The van der Waals surface area contributed by atoms with Crippen LogP contribution < -0.4 is 10.6 Å². The number of nitrogens with zero attached hydrogens (tertiary/aromatic N) is 1. The van der Waals surface area contributed by atoms with Crippen LogP contribution in [0.25, 0.3) is 0 Å². The Morgan fingerprint density at radius 3 is 1.59 bits per heavy atom. The van der Waals surface area contributed by atoms with Gasteiger partial charge in [-0.05, 0) is 18.2 Å². The number of nitrogens with one attached hydrogen (secondary N) is 2. The van der Waals surface area contributed by atoms with Gasteiger partial charge in [-0.15, -0.1) is 0 Å². The lowest BCUT2D eigenvalue weighted by atomic mass is 10.1. The van der Waals surface area contributed by atoms with Crippen molar-refractivity contribution in [3.63, 3.8) is 0 Å². The van der Waals surface area contributed by atoms with Gasteiger partial charge in [0.05, 0.1) is 28.5 Å². The third kappa shape index (κ3) is 5.06. The minimum Gasteiger partial charge on any atom is -0.345 e. The Balaban J connectivity index is 1.81. The second-order valence-electron chi connectivity index (χ2n) is 6.50. The molecule has 2 N–H and O–H groups in total. The molecular weight excluding hydrogens is 426 g/mol. The molecule has 11 nitrogen and oxygen atoms in total. The normalized spacial score (nSPS) is 23.6. The maximum Gasteiger partial charge on any atom is 0.271 e. The van der Waals surface area contributed by atoms with Crippen molar-refractivity contribution in [1.82, 2.24) is 10.6 Å². The molecule has 3 rings (SSSR count). The van der Waals surface area contributed by atoms with Crippen molar-refractivity contribution in [2.24, 2.45) is 0 Å². The lowest BCUT2D eigenvalue weighted by molar-refractivity contribution is -0.384. The number of hydrogen-bond acceptors (Lipinski definition) is 8. The van der Waals surface area contributed by atoms with E-state index in [0.29, 0.717) is 0 Å². The van der Waals surface area contributed by atoms with Crippen molar-refractivity contribution < 1.29 is 31.3 Å². The quantitative estimate of drug-likeness (QED) is 0.462. The standard InChI is InChI=1S/C16H15N3O8S2/c20-15(17-12-1-3-28(24,25)8-12)10-5-11(7-14(6-10)19(22)23)16(21)18-13-2-4-29(26,27)9-13/h1-7,12-13H,8-9H2,(H,17,20)(H,18,21)/t12-,13-/m1/s1. The van der Waals surface area contributed by atoms with Crippen LogP contribution in [-0.4, -0.2) is 57.2 Å². The predicted molar refractivity (Wildman–Crippen MR) is 101 cm³/mol. The highest BCUT2D eigenvalue weighted by atomic mass is 32.2. The van der Waals surface area contributed by atoms with Gasteiger partial charge in [0.25, 0.3) is 17.5 Å². The molecule has 2 atom stereocenters. The van der Waals surface area contributed by atoms with E-state index in [-0.39, 0.29) is 22.6 Å². The number of nitro groups is 1. The van der Waals surface area contributed by atoms with E-state index in [1.54, 1.807) is 0 Å². The van der Waals surface area contributed by atoms with E-state index in [2.05, 4.69) is 10.6 Å². The number of non-ortho nitro benzene ring substituents is 1. The molecular formula is C16H15N3O8S2. The van der Waals surface area contributed by atoms with Crippen LogP contribution in [0.2, 0.25) is 0 Å². The van der Waals surface area contributed by atoms with Crippen LogP contribution in [-0.2, 0) is 19.7 Å². The molecule has 0 unspecified atom stereocenters. The Kier molecular flexibility index (Phi) is 5.28. The van der Waals surface area contributed by atoms with Crippen LogP contribution in [0.1, 0.15) is 20.7 Å². The van der Waals surface area contributed by atoms with Gasteiger partial charge in [-0.1, -0.05) is 0 Å². The van der Waals surface area contributed by atoms with E-state index in [1.165, 1.54) is 12.2 Å². The number of carbonyl (C=O) groups excluding carboxylic acids is 2. The topological polar surface area (TPSA) is 170 Å². The van der Waals surface area contributed by atoms with E-state index >= 15 is 0 Å². The highest BCUT2D eigenvalue weighted by Gasteiger charge is 2.27. The number of hydrogen-bond donors (Lipinski definition) is 2. The van der Waals surface area contributed by atoms with Crippen molar-refractivity contribution in [2.75, 3.05) is 11.5 Å². The highest BCUT2D eigenvalue weighted by molar-refractivity contribution is 7.94. The smallest absolute Gasteiger partial charge is 0.271 e. The summed E-state index contributed by atoms with van der Waals surface area (Å²) < 4.78 is 45.7. The van der Waals surface area contributed by atoms with Gasteiger partial charge in [0.15, 0.2) is 19.7 Å². The summed E-state index contributed by atoms with van der Waals surface area (Å²) in [5.74, 6) is -2.25. The zero-order valence-corrected chi connectivity index (χ0v) is 16.3. The molecule has 0 saturated heterocycles. The zero-order chi connectivity index (χ0) is 21.4. The monoisotopic (exact) mass is 441 g/mol. The Hall–Kier alpha value is -3.06. The lowest BCUT2D eigenvalue weighted by Crippen LogP contribution is -2.37. The van der Waals surface area contributed by atoms with Crippen LogP contribution in [0.5, 0.6) is 0 Å². The van der Waals surface area contributed by atoms with Crippen LogP contribution >= 0.6 is 0 Å². The van der Waals surface area contributed by atoms with Crippen LogP contribution in [0, 0.1) is 10.1 Å². The van der Waals surface area contributed by atoms with Crippen LogP contribution in [0.15, 0.2) is 41.2 Å². The average molecular weight is 441 g/mol. The van der Waals surface area contributed by atoms with Crippen molar-refractivity contribution >= 4 is 37.2 Å². The third-order valence-corrected chi connectivity index (χ3v) is 6.94. The first-order valence-electron chi connectivity index (χ1n) is 8.17. The Labute approximate surface area is 165 Å². The summed E-state index contributed by atoms with van der Waals surface area (Å²) in [7, 11) is -6.83. The summed E-state index contributed by atoms with van der Waals surface area (Å²) in [5.41, 5.74) is -0.944. The van der Waals surface area contributed by atoms with Crippen LogP contribution in [0.3, 0.4) is 0 Å². The molecule has 0 bridgehead atoms. The molecule has 154 valence electrons. The molecule has 0 saturated carbocycles. The van der Waals surface area contributed by atoms with Crippen molar-refractivity contribution in [3.8, 4) is 0 Å². The predicted octanol–water partition coefficient (Wildman–Crippen LogP) is -0.324. The fourth-order valence-electron chi connectivity index (χ4n) is 2.81. The summed E-state index contributed by atoms with van der Waals surface area (Å²) in [6.45, 7) is 0. The highest BCUT2D eigenvalue weighted by Crippen LogP contribution is 2.19. The first-order chi connectivity index (χ1) is 13.4. The van der Waals surface area contributed by atoms with Crippen LogP contribution in [0.4, 0.5) is 5.69 Å². The minimum atomic E-state index is -3.41. The Morgan fingerprint density at radius 1 is 0.862 bits per heavy atom. The molecule has 2 aliphatic heterocycles. The summed E-state index contributed by atoms with van der Waals surface area (Å²) >= 11 is 0. The molecule has 0 aromatic heterocycles. The third-order valence-electron chi connectivity index (χ3n) is 4.15. The summed E-state index contributed by atoms with van der Waals surface area (Å²) in [6.07, 6.45) is 2.57. The molecule has 29 heavy (non-hydrogen) atoms. The first kappa shape index (κ1) is 20.7. The second kappa shape index (κ2) is 7.40. The molecule has 0 radical (unpaired) electrons. The maximum atomic E-state index is 12.4. The van der Waals surface area contributed by atoms with Gasteiger partial charge in [-0.25, -0.2) is 16.8 Å². The lowest BCUT2D eigenvalue weighted by Gasteiger charge is -2.12. The molecule has 0 aliphatic carbocycles. The number of carbonyl (C=O) groups is 2. The van der Waals surface area contributed by atoms with E-state index in [0.717, 1.165) is 29.0 Å². The number of rotatable bonds is 5. The van der Waals surface area contributed by atoms with E-state index in [9.17, 15) is 36.5 Å². The first-order valence-corrected chi connectivity index (χ1v) is 11.6. The molecule has 1 aromatic rings. The second-order valence-corrected chi connectivity index (χ2v) is 10.4. The molecule has 2 amide bonds. The summed E-state index contributed by atoms with van der Waals surface area (Å²) in [5, 5.41) is 17.9. The van der Waals surface area contributed by atoms with Gasteiger partial charge in [-0.3, -0.25) is 19.7 Å². The molecule has 0 spiro atoms. The number of nitro benzene ring substituents is 1. The van der Waals surface area contributed by atoms with Gasteiger partial charge < -0.3 is 10.6 Å². The van der Waals surface area contributed by atoms with Crippen molar-refractivity contribution in [1.29, 1.82) is 0 Å². The summed E-state index contributed by atoms with van der Waals surface area (Å²) in [6, 6.07) is 1.44. The molecule has 1 aromatic carbocycles. The zero-order valence-electron chi connectivity index (χ0n) is 14.6. The molecule has 0 fully saturated rings. The van der Waals surface area contributed by atoms with Gasteiger partial charge >= 0.3 is 0 Å². The average Bonchev–Trinajstić information content (AvgIpc) is 3.14. The van der Waals surface area contributed by atoms with E-state index in [4.69, 9.17) is 0 Å². The molecule has 2 heterocycles. The fourth-order valence-corrected chi connectivity index (χ4v) is 5.28. The van der Waals surface area contributed by atoms with E-state index in [1.807, 2.05) is 0 Å². The molecule has 2 aliphatic rings. The van der Waals surface area contributed by atoms with Crippen molar-refractivity contribution in [2.45, 2.75) is 12.1 Å². The summed E-state index contributed by atoms with van der Waals surface area (Å²) in [4.78, 5) is 35.2. The minimum absolute atomic E-state index is 0.211. The Bertz CT molecular complexity index is 1090. The largest absolute Gasteiger partial charge is 0.345 e. The van der Waals surface area contributed by atoms with Gasteiger partial charge in [-0.2, -0.15) is 0 Å². The van der Waals surface area contributed by atoms with Crippen molar-refractivity contribution in [3.05, 3.63) is 62.4 Å². The maximum absolute atomic E-state index is 12.4.